The quantitative estimate of drug-likeness (QED) is 0.212. The van der Waals surface area contributed by atoms with Gasteiger partial charge in [0.25, 0.3) is 17.5 Å². The van der Waals surface area contributed by atoms with Gasteiger partial charge >= 0.3 is 6.03 Å². The number of nitro groups is 1. The number of benzene rings is 3. The second-order valence-electron chi connectivity index (χ2n) is 7.75. The highest BCUT2D eigenvalue weighted by molar-refractivity contribution is 6.39. The summed E-state index contributed by atoms with van der Waals surface area (Å²) < 4.78 is 16.2. The summed E-state index contributed by atoms with van der Waals surface area (Å²) in [4.78, 5) is 50.2. The molecule has 1 aliphatic rings. The van der Waals surface area contributed by atoms with Gasteiger partial charge in [-0.3, -0.25) is 25.0 Å². The van der Waals surface area contributed by atoms with E-state index < -0.39 is 34.0 Å². The molecule has 0 aromatic heterocycles. The number of nitro benzene ring substituents is 1. The number of hydrogen-bond acceptors (Lipinski definition) is 8. The van der Waals surface area contributed by atoms with Gasteiger partial charge in [0.15, 0.2) is 11.5 Å². The Labute approximate surface area is 211 Å². The van der Waals surface area contributed by atoms with Crippen LogP contribution < -0.4 is 24.4 Å². The average molecular weight is 503 g/mol. The Bertz CT molecular complexity index is 1400. The lowest BCUT2D eigenvalue weighted by Gasteiger charge is -2.26. The van der Waals surface area contributed by atoms with E-state index in [1.54, 1.807) is 12.1 Å². The van der Waals surface area contributed by atoms with Crippen LogP contribution in [0.5, 0.6) is 17.2 Å². The number of barbiturate groups is 1. The van der Waals surface area contributed by atoms with Crippen LogP contribution in [0.2, 0.25) is 0 Å². The van der Waals surface area contributed by atoms with Crippen molar-refractivity contribution >= 4 is 35.3 Å². The third-order valence-corrected chi connectivity index (χ3v) is 5.48. The van der Waals surface area contributed by atoms with E-state index in [1.807, 2.05) is 30.3 Å². The molecular formula is C26H21N3O8. The molecule has 0 bridgehead atoms. The number of rotatable bonds is 8. The van der Waals surface area contributed by atoms with Gasteiger partial charge in [-0.15, -0.1) is 0 Å². The average Bonchev–Trinajstić information content (AvgIpc) is 2.90. The normalized spacial score (nSPS) is 14.4. The fourth-order valence-electron chi connectivity index (χ4n) is 3.63. The Hall–Kier alpha value is -5.19. The molecule has 11 heteroatoms. The molecule has 0 radical (unpaired) electrons. The molecule has 1 heterocycles. The van der Waals surface area contributed by atoms with Crippen LogP contribution in [0.15, 0.2) is 72.3 Å². The van der Waals surface area contributed by atoms with Gasteiger partial charge < -0.3 is 14.2 Å². The molecule has 0 unspecified atom stereocenters. The Morgan fingerprint density at radius 2 is 1.65 bits per heavy atom. The molecule has 4 rings (SSSR count). The molecule has 11 nitrogen and oxygen atoms in total. The Morgan fingerprint density at radius 3 is 2.27 bits per heavy atom. The summed E-state index contributed by atoms with van der Waals surface area (Å²) in [6, 6.07) is 16.7. The van der Waals surface area contributed by atoms with Crippen LogP contribution in [-0.2, 0) is 16.2 Å². The number of methoxy groups -OCH3 is 2. The standard InChI is InChI=1S/C26H21N3O8/c1-35-19-10-8-18(9-11-19)28-25(31)20(24(30)27-26(28)32)12-17-13-22(36-2)23(14-21(17)29(33)34)37-15-16-6-4-3-5-7-16/h3-14H,15H2,1-2H3,(H,27,30,32)/b20-12+. The van der Waals surface area contributed by atoms with Crippen LogP contribution in [0, 0.1) is 10.1 Å². The summed E-state index contributed by atoms with van der Waals surface area (Å²) in [5.74, 6) is -1.18. The van der Waals surface area contributed by atoms with Gasteiger partial charge in [0.2, 0.25) is 0 Å². The first-order valence-electron chi connectivity index (χ1n) is 10.9. The largest absolute Gasteiger partial charge is 0.497 e. The maximum atomic E-state index is 13.2. The van der Waals surface area contributed by atoms with Crippen LogP contribution in [-0.4, -0.2) is 37.0 Å². The van der Waals surface area contributed by atoms with E-state index in [1.165, 1.54) is 32.4 Å². The maximum absolute atomic E-state index is 13.2. The molecule has 188 valence electrons. The third kappa shape index (κ3) is 5.25. The van der Waals surface area contributed by atoms with Crippen molar-refractivity contribution in [2.75, 3.05) is 19.1 Å². The highest BCUT2D eigenvalue weighted by Crippen LogP contribution is 2.37. The smallest absolute Gasteiger partial charge is 0.335 e. The van der Waals surface area contributed by atoms with Crippen molar-refractivity contribution in [3.05, 3.63) is 93.5 Å². The van der Waals surface area contributed by atoms with Crippen molar-refractivity contribution in [3.8, 4) is 17.2 Å². The molecule has 0 aliphatic carbocycles. The lowest BCUT2D eigenvalue weighted by Crippen LogP contribution is -2.54. The zero-order valence-electron chi connectivity index (χ0n) is 19.8. The second-order valence-corrected chi connectivity index (χ2v) is 7.75. The highest BCUT2D eigenvalue weighted by atomic mass is 16.6. The number of carbonyl (C=O) groups is 3. The van der Waals surface area contributed by atoms with Crippen LogP contribution in [0.1, 0.15) is 11.1 Å². The molecule has 4 amide bonds. The molecule has 1 N–H and O–H groups in total. The van der Waals surface area contributed by atoms with E-state index in [0.29, 0.717) is 5.75 Å². The maximum Gasteiger partial charge on any atom is 0.335 e. The minimum atomic E-state index is -0.988. The van der Waals surface area contributed by atoms with E-state index in [4.69, 9.17) is 14.2 Å². The number of imide groups is 2. The van der Waals surface area contributed by atoms with Gasteiger partial charge in [-0.25, -0.2) is 9.69 Å². The lowest BCUT2D eigenvalue weighted by atomic mass is 10.0. The molecule has 1 fully saturated rings. The highest BCUT2D eigenvalue weighted by Gasteiger charge is 2.37. The van der Waals surface area contributed by atoms with Crippen LogP contribution in [0.4, 0.5) is 16.2 Å². The topological polar surface area (TPSA) is 137 Å². The van der Waals surface area contributed by atoms with Gasteiger partial charge in [-0.05, 0) is 42.0 Å². The first-order valence-corrected chi connectivity index (χ1v) is 10.9. The number of nitrogens with zero attached hydrogens (tertiary/aromatic N) is 2. The molecule has 1 aliphatic heterocycles. The summed E-state index contributed by atoms with van der Waals surface area (Å²) in [6.45, 7) is 0.134. The first kappa shape index (κ1) is 24.9. The van der Waals surface area contributed by atoms with Gasteiger partial charge in [0.05, 0.1) is 36.5 Å². The van der Waals surface area contributed by atoms with Gasteiger partial charge in [-0.1, -0.05) is 30.3 Å². The van der Waals surface area contributed by atoms with Gasteiger partial charge in [0, 0.05) is 0 Å². The monoisotopic (exact) mass is 503 g/mol. The second kappa shape index (κ2) is 10.6. The van der Waals surface area contributed by atoms with Gasteiger partial charge in [0.1, 0.15) is 17.9 Å². The number of anilines is 1. The number of urea groups is 1. The van der Waals surface area contributed by atoms with E-state index in [2.05, 4.69) is 5.32 Å². The van der Waals surface area contributed by atoms with Crippen molar-refractivity contribution < 1.29 is 33.5 Å². The van der Waals surface area contributed by atoms with Crippen molar-refractivity contribution in [1.29, 1.82) is 0 Å². The Kier molecular flexibility index (Phi) is 7.14. The zero-order valence-corrected chi connectivity index (χ0v) is 19.8. The molecule has 0 saturated carbocycles. The van der Waals surface area contributed by atoms with E-state index in [0.717, 1.165) is 22.6 Å². The SMILES string of the molecule is COc1ccc(N2C(=O)NC(=O)/C(=C\c3cc(OC)c(OCc4ccccc4)cc3[N+](=O)[O-])C2=O)cc1. The molecule has 0 spiro atoms. The minimum Gasteiger partial charge on any atom is -0.497 e. The van der Waals surface area contributed by atoms with E-state index >= 15 is 0 Å². The summed E-state index contributed by atoms with van der Waals surface area (Å²) in [5, 5.41) is 14.0. The number of hydrogen-bond donors (Lipinski definition) is 1. The molecule has 1 saturated heterocycles. The molecule has 3 aromatic carbocycles. The van der Waals surface area contributed by atoms with Crippen molar-refractivity contribution in [3.63, 3.8) is 0 Å². The van der Waals surface area contributed by atoms with Crippen LogP contribution in [0.25, 0.3) is 6.08 Å². The van der Waals surface area contributed by atoms with Crippen LogP contribution >= 0.6 is 0 Å². The molecule has 3 aromatic rings. The van der Waals surface area contributed by atoms with Crippen molar-refractivity contribution in [1.82, 2.24) is 5.32 Å². The minimum absolute atomic E-state index is 0.0866. The fraction of sp³-hybridized carbons (Fsp3) is 0.115. The fourth-order valence-corrected chi connectivity index (χ4v) is 3.63. The predicted molar refractivity (Wildman–Crippen MR) is 132 cm³/mol. The van der Waals surface area contributed by atoms with E-state index in [-0.39, 0.29) is 29.4 Å². The Balaban J connectivity index is 1.71. The molecule has 0 atom stereocenters. The van der Waals surface area contributed by atoms with Crippen LogP contribution in [0.3, 0.4) is 0 Å². The number of amides is 4. The van der Waals surface area contributed by atoms with E-state index in [9.17, 15) is 24.5 Å². The number of carbonyl (C=O) groups excluding carboxylic acids is 3. The van der Waals surface area contributed by atoms with Crippen molar-refractivity contribution in [2.45, 2.75) is 6.61 Å². The first-order chi connectivity index (χ1) is 17.8. The summed E-state index contributed by atoms with van der Waals surface area (Å²) in [7, 11) is 2.82. The Morgan fingerprint density at radius 1 is 0.946 bits per heavy atom. The number of ether oxygens (including phenoxy) is 3. The summed E-state index contributed by atoms with van der Waals surface area (Å²) in [5.41, 5.74) is 0.0319. The summed E-state index contributed by atoms with van der Waals surface area (Å²) in [6.07, 6.45) is 1.04. The zero-order chi connectivity index (χ0) is 26.5. The summed E-state index contributed by atoms with van der Waals surface area (Å²) >= 11 is 0. The van der Waals surface area contributed by atoms with Gasteiger partial charge in [-0.2, -0.15) is 0 Å². The molecule has 37 heavy (non-hydrogen) atoms. The predicted octanol–water partition coefficient (Wildman–Crippen LogP) is 3.86. The third-order valence-electron chi connectivity index (χ3n) is 5.48. The van der Waals surface area contributed by atoms with Crippen molar-refractivity contribution in [2.24, 2.45) is 0 Å². The lowest BCUT2D eigenvalue weighted by molar-refractivity contribution is -0.385. The molecular weight excluding hydrogens is 482 g/mol. The number of nitrogens with one attached hydrogen (secondary N) is 1.